The largest absolute Gasteiger partial charge is 0.478 e. The lowest BCUT2D eigenvalue weighted by Crippen LogP contribution is -2.47. The molecule has 0 aliphatic carbocycles. The Kier molecular flexibility index (Phi) is 3.01. The molecule has 1 amide bonds. The van der Waals surface area contributed by atoms with Crippen molar-refractivity contribution in [1.29, 1.82) is 0 Å². The molecule has 5 heteroatoms. The standard InChI is InChI=1S/C17H20N2O3/c20-15(21)13-3-2-12-4-8-19(14(12)10-13)16(22)17-5-1-7-18(11-17)9-6-17/h2-3,10H,1,4-9,11H2,(H,20,21). The maximum Gasteiger partial charge on any atom is 0.335 e. The number of carboxylic acids is 1. The molecular weight excluding hydrogens is 280 g/mol. The third-order valence-corrected chi connectivity index (χ3v) is 5.49. The first-order valence-corrected chi connectivity index (χ1v) is 8.00. The summed E-state index contributed by atoms with van der Waals surface area (Å²) in [5.41, 5.74) is 1.91. The average molecular weight is 300 g/mol. The van der Waals surface area contributed by atoms with Gasteiger partial charge in [-0.15, -0.1) is 0 Å². The summed E-state index contributed by atoms with van der Waals surface area (Å²) in [6.45, 7) is 3.67. The van der Waals surface area contributed by atoms with Gasteiger partial charge < -0.3 is 14.9 Å². The summed E-state index contributed by atoms with van der Waals surface area (Å²) in [5.74, 6) is -0.735. The smallest absolute Gasteiger partial charge is 0.335 e. The molecular formula is C17H20N2O3. The van der Waals surface area contributed by atoms with Crippen LogP contribution in [0.25, 0.3) is 0 Å². The molecule has 3 aliphatic heterocycles. The Labute approximate surface area is 129 Å². The van der Waals surface area contributed by atoms with Gasteiger partial charge in [0.25, 0.3) is 0 Å². The molecule has 0 saturated carbocycles. The van der Waals surface area contributed by atoms with Crippen molar-refractivity contribution in [3.8, 4) is 0 Å². The number of hydrogen-bond donors (Lipinski definition) is 1. The molecule has 0 aromatic heterocycles. The quantitative estimate of drug-likeness (QED) is 0.904. The number of rotatable bonds is 2. The van der Waals surface area contributed by atoms with E-state index in [1.165, 1.54) is 0 Å². The van der Waals surface area contributed by atoms with E-state index in [-0.39, 0.29) is 16.9 Å². The van der Waals surface area contributed by atoms with E-state index in [1.54, 1.807) is 12.1 Å². The van der Waals surface area contributed by atoms with Crippen molar-refractivity contribution in [1.82, 2.24) is 4.90 Å². The molecule has 3 heterocycles. The van der Waals surface area contributed by atoms with E-state index in [4.69, 9.17) is 0 Å². The van der Waals surface area contributed by atoms with Gasteiger partial charge in [0, 0.05) is 18.8 Å². The van der Waals surface area contributed by atoms with E-state index < -0.39 is 5.97 Å². The Hall–Kier alpha value is -1.88. The van der Waals surface area contributed by atoms with E-state index in [1.807, 2.05) is 11.0 Å². The molecule has 22 heavy (non-hydrogen) atoms. The second-order valence-electron chi connectivity index (χ2n) is 6.77. The molecule has 3 aliphatic rings. The summed E-state index contributed by atoms with van der Waals surface area (Å²) < 4.78 is 0. The van der Waals surface area contributed by atoms with Gasteiger partial charge in [-0.2, -0.15) is 0 Å². The first-order chi connectivity index (χ1) is 10.6. The zero-order valence-electron chi connectivity index (χ0n) is 12.5. The van der Waals surface area contributed by atoms with Gasteiger partial charge in [-0.3, -0.25) is 4.79 Å². The maximum absolute atomic E-state index is 13.2. The van der Waals surface area contributed by atoms with E-state index in [9.17, 15) is 14.7 Å². The SMILES string of the molecule is O=C(O)c1ccc2c(c1)N(C(=O)C13CCCN(CC1)C3)CC2. The van der Waals surface area contributed by atoms with Crippen molar-refractivity contribution in [2.75, 3.05) is 31.1 Å². The van der Waals surface area contributed by atoms with E-state index >= 15 is 0 Å². The summed E-state index contributed by atoms with van der Waals surface area (Å²) in [7, 11) is 0. The fraction of sp³-hybridized carbons (Fsp3) is 0.529. The fourth-order valence-corrected chi connectivity index (χ4v) is 4.29. The molecule has 5 nitrogen and oxygen atoms in total. The molecule has 4 rings (SSSR count). The number of carbonyl (C=O) groups is 2. The molecule has 2 unspecified atom stereocenters. The lowest BCUT2D eigenvalue weighted by atomic mass is 9.79. The number of aromatic carboxylic acids is 1. The highest BCUT2D eigenvalue weighted by Crippen LogP contribution is 2.43. The summed E-state index contributed by atoms with van der Waals surface area (Å²) >= 11 is 0. The zero-order chi connectivity index (χ0) is 15.3. The third kappa shape index (κ3) is 1.96. The number of carbonyl (C=O) groups excluding carboxylic acids is 1. The zero-order valence-corrected chi connectivity index (χ0v) is 12.5. The number of hydrogen-bond acceptors (Lipinski definition) is 3. The van der Waals surface area contributed by atoms with Crippen LogP contribution < -0.4 is 4.90 Å². The Morgan fingerprint density at radius 1 is 1.14 bits per heavy atom. The number of piperidine rings is 1. The number of amides is 1. The maximum atomic E-state index is 13.2. The van der Waals surface area contributed by atoms with Crippen molar-refractivity contribution < 1.29 is 14.7 Å². The van der Waals surface area contributed by atoms with Gasteiger partial charge in [-0.25, -0.2) is 4.79 Å². The predicted molar refractivity (Wildman–Crippen MR) is 82.2 cm³/mol. The van der Waals surface area contributed by atoms with Crippen molar-refractivity contribution in [3.05, 3.63) is 29.3 Å². The number of nitrogens with zero attached hydrogens (tertiary/aromatic N) is 2. The van der Waals surface area contributed by atoms with E-state index in [0.717, 1.165) is 56.6 Å². The lowest BCUT2D eigenvalue weighted by Gasteiger charge is -2.36. The molecule has 2 saturated heterocycles. The van der Waals surface area contributed by atoms with Gasteiger partial charge in [0.05, 0.1) is 11.0 Å². The van der Waals surface area contributed by atoms with Crippen LogP contribution in [0.4, 0.5) is 5.69 Å². The van der Waals surface area contributed by atoms with Crippen LogP contribution in [0.2, 0.25) is 0 Å². The van der Waals surface area contributed by atoms with Crippen LogP contribution in [-0.2, 0) is 11.2 Å². The first-order valence-electron chi connectivity index (χ1n) is 8.00. The molecule has 2 fully saturated rings. The van der Waals surface area contributed by atoms with Gasteiger partial charge in [0.15, 0.2) is 0 Å². The normalized spacial score (nSPS) is 29.5. The summed E-state index contributed by atoms with van der Waals surface area (Å²) in [6.07, 6.45) is 3.81. The Morgan fingerprint density at radius 3 is 2.82 bits per heavy atom. The van der Waals surface area contributed by atoms with Crippen LogP contribution in [0, 0.1) is 5.41 Å². The van der Waals surface area contributed by atoms with Crippen LogP contribution in [0.5, 0.6) is 0 Å². The van der Waals surface area contributed by atoms with Gasteiger partial charge in [0.1, 0.15) is 0 Å². The van der Waals surface area contributed by atoms with Crippen LogP contribution in [0.3, 0.4) is 0 Å². The average Bonchev–Trinajstić information content (AvgIpc) is 3.07. The summed E-state index contributed by atoms with van der Waals surface area (Å²) in [5, 5.41) is 9.18. The molecule has 1 N–H and O–H groups in total. The van der Waals surface area contributed by atoms with Crippen molar-refractivity contribution >= 4 is 17.6 Å². The summed E-state index contributed by atoms with van der Waals surface area (Å²) in [6, 6.07) is 5.14. The number of fused-ring (bicyclic) bond motifs is 3. The molecule has 1 aromatic carbocycles. The molecule has 116 valence electrons. The minimum Gasteiger partial charge on any atom is -0.478 e. The van der Waals surface area contributed by atoms with Crippen molar-refractivity contribution in [2.45, 2.75) is 25.7 Å². The highest BCUT2D eigenvalue weighted by atomic mass is 16.4. The Bertz CT molecular complexity index is 653. The lowest BCUT2D eigenvalue weighted by molar-refractivity contribution is -0.128. The molecule has 1 aromatic rings. The predicted octanol–water partition coefficient (Wildman–Crippen LogP) is 1.76. The fourth-order valence-electron chi connectivity index (χ4n) is 4.29. The highest BCUT2D eigenvalue weighted by Gasteiger charge is 2.49. The summed E-state index contributed by atoms with van der Waals surface area (Å²) in [4.78, 5) is 28.6. The van der Waals surface area contributed by atoms with Crippen LogP contribution >= 0.6 is 0 Å². The van der Waals surface area contributed by atoms with Gasteiger partial charge >= 0.3 is 5.97 Å². The highest BCUT2D eigenvalue weighted by molar-refractivity contribution is 6.01. The van der Waals surface area contributed by atoms with Crippen molar-refractivity contribution in [3.63, 3.8) is 0 Å². The van der Waals surface area contributed by atoms with Gasteiger partial charge in [-0.05, 0) is 56.5 Å². The van der Waals surface area contributed by atoms with Gasteiger partial charge in [-0.1, -0.05) is 6.07 Å². The first kappa shape index (κ1) is 13.8. The van der Waals surface area contributed by atoms with Gasteiger partial charge in [0.2, 0.25) is 5.91 Å². The Morgan fingerprint density at radius 2 is 2.00 bits per heavy atom. The Balaban J connectivity index is 1.67. The number of anilines is 1. The minimum absolute atomic E-state index is 0.205. The second-order valence-corrected chi connectivity index (χ2v) is 6.77. The monoisotopic (exact) mass is 300 g/mol. The second kappa shape index (κ2) is 4.81. The third-order valence-electron chi connectivity index (χ3n) is 5.49. The van der Waals surface area contributed by atoms with E-state index in [2.05, 4.69) is 4.90 Å². The topological polar surface area (TPSA) is 60.9 Å². The van der Waals surface area contributed by atoms with E-state index in [0.29, 0.717) is 6.54 Å². The van der Waals surface area contributed by atoms with Crippen LogP contribution in [-0.4, -0.2) is 48.1 Å². The van der Waals surface area contributed by atoms with Crippen molar-refractivity contribution in [2.24, 2.45) is 5.41 Å². The molecule has 2 atom stereocenters. The molecule has 0 spiro atoms. The van der Waals surface area contributed by atoms with Crippen LogP contribution in [0.1, 0.15) is 35.2 Å². The molecule has 0 radical (unpaired) electrons. The number of benzene rings is 1. The molecule has 2 bridgehead atoms. The van der Waals surface area contributed by atoms with Crippen LogP contribution in [0.15, 0.2) is 18.2 Å². The number of carboxylic acid groups (broad SMARTS) is 1. The minimum atomic E-state index is -0.940.